The summed E-state index contributed by atoms with van der Waals surface area (Å²) in [6, 6.07) is 21.0. The molecule has 0 bridgehead atoms. The van der Waals surface area contributed by atoms with Crippen LogP contribution in [0.4, 0.5) is 5.82 Å². The third-order valence-corrected chi connectivity index (χ3v) is 6.73. The molecule has 0 unspecified atom stereocenters. The minimum absolute atomic E-state index is 0.866. The van der Waals surface area contributed by atoms with Gasteiger partial charge in [-0.25, -0.2) is 9.97 Å². The van der Waals surface area contributed by atoms with Crippen molar-refractivity contribution in [3.63, 3.8) is 0 Å². The van der Waals surface area contributed by atoms with E-state index in [9.17, 15) is 0 Å². The number of anilines is 1. The summed E-state index contributed by atoms with van der Waals surface area (Å²) in [5, 5.41) is 1.22. The maximum absolute atomic E-state index is 5.07. The van der Waals surface area contributed by atoms with Crippen LogP contribution in [0.25, 0.3) is 22.3 Å². The Hall–Kier alpha value is -3.31. The van der Waals surface area contributed by atoms with Gasteiger partial charge >= 0.3 is 0 Å². The maximum Gasteiger partial charge on any atom is 0.161 e. The number of aromatic nitrogens is 3. The second-order valence-corrected chi connectivity index (χ2v) is 8.77. The molecule has 2 aromatic carbocycles. The number of piperazine rings is 1. The summed E-state index contributed by atoms with van der Waals surface area (Å²) in [4.78, 5) is 19.7. The van der Waals surface area contributed by atoms with Gasteiger partial charge in [0.25, 0.3) is 0 Å². The molecule has 2 aromatic heterocycles. The fourth-order valence-electron chi connectivity index (χ4n) is 5.04. The van der Waals surface area contributed by atoms with Crippen molar-refractivity contribution < 1.29 is 0 Å². The number of rotatable bonds is 4. The van der Waals surface area contributed by atoms with Crippen molar-refractivity contribution in [2.45, 2.75) is 25.8 Å². The molecular weight excluding hydrogens is 394 g/mol. The molecule has 0 amide bonds. The number of benzene rings is 2. The molecule has 1 fully saturated rings. The van der Waals surface area contributed by atoms with Crippen LogP contribution in [0.3, 0.4) is 0 Å². The summed E-state index contributed by atoms with van der Waals surface area (Å²) >= 11 is 0. The van der Waals surface area contributed by atoms with Crippen molar-refractivity contribution >= 4 is 16.7 Å². The highest BCUT2D eigenvalue weighted by Crippen LogP contribution is 2.32. The van der Waals surface area contributed by atoms with E-state index in [1.807, 2.05) is 18.3 Å². The third-order valence-electron chi connectivity index (χ3n) is 6.73. The Labute approximate surface area is 188 Å². The van der Waals surface area contributed by atoms with Crippen LogP contribution in [0.15, 0.2) is 66.9 Å². The van der Waals surface area contributed by atoms with Crippen LogP contribution in [-0.4, -0.2) is 46.0 Å². The molecule has 1 aliphatic heterocycles. The van der Waals surface area contributed by atoms with Crippen LogP contribution in [0.1, 0.15) is 23.2 Å². The van der Waals surface area contributed by atoms with Gasteiger partial charge in [-0.05, 0) is 30.9 Å². The summed E-state index contributed by atoms with van der Waals surface area (Å²) in [5.74, 6) is 2.03. The monoisotopic (exact) mass is 421 g/mol. The second kappa shape index (κ2) is 8.32. The second-order valence-electron chi connectivity index (χ2n) is 8.77. The average Bonchev–Trinajstić information content (AvgIpc) is 3.34. The molecule has 6 rings (SSSR count). The maximum atomic E-state index is 5.07. The van der Waals surface area contributed by atoms with Crippen molar-refractivity contribution in [1.29, 1.82) is 0 Å². The first-order valence-corrected chi connectivity index (χ1v) is 11.6. The molecule has 0 radical (unpaired) electrons. The summed E-state index contributed by atoms with van der Waals surface area (Å²) in [5.41, 5.74) is 6.16. The first kappa shape index (κ1) is 19.4. The molecule has 5 nitrogen and oxygen atoms in total. The van der Waals surface area contributed by atoms with E-state index in [1.54, 1.807) is 0 Å². The first-order chi connectivity index (χ1) is 15.8. The van der Waals surface area contributed by atoms with Gasteiger partial charge in [0.2, 0.25) is 0 Å². The number of pyridine rings is 1. The fourth-order valence-corrected chi connectivity index (χ4v) is 5.04. The highest BCUT2D eigenvalue weighted by molar-refractivity contribution is 5.81. The Morgan fingerprint density at radius 2 is 1.62 bits per heavy atom. The number of fused-ring (bicyclic) bond motifs is 2. The molecule has 3 heterocycles. The average molecular weight is 422 g/mol. The molecule has 1 aliphatic carbocycles. The highest BCUT2D eigenvalue weighted by Gasteiger charge is 2.26. The van der Waals surface area contributed by atoms with Gasteiger partial charge in [0, 0.05) is 61.1 Å². The molecule has 4 aromatic rings. The molecule has 160 valence electrons. The van der Waals surface area contributed by atoms with E-state index in [0.717, 1.165) is 68.3 Å². The number of para-hydroxylation sites is 1. The zero-order valence-electron chi connectivity index (χ0n) is 18.2. The summed E-state index contributed by atoms with van der Waals surface area (Å²) < 4.78 is 0. The van der Waals surface area contributed by atoms with Crippen molar-refractivity contribution in [1.82, 2.24) is 19.9 Å². The van der Waals surface area contributed by atoms with E-state index in [-0.39, 0.29) is 0 Å². The number of aryl methyl sites for hydroxylation is 1. The van der Waals surface area contributed by atoms with Crippen molar-refractivity contribution in [3.8, 4) is 11.4 Å². The van der Waals surface area contributed by atoms with Gasteiger partial charge in [0.1, 0.15) is 5.82 Å². The molecule has 1 saturated heterocycles. The van der Waals surface area contributed by atoms with E-state index in [2.05, 4.69) is 63.3 Å². The molecular formula is C27H27N5. The Morgan fingerprint density at radius 3 is 2.50 bits per heavy atom. The van der Waals surface area contributed by atoms with Gasteiger partial charge in [-0.2, -0.15) is 0 Å². The SMILES string of the molecule is c1ccc(-c2nc3c(c(N4CCN(Cc5cccc6cccnc56)CC4)n2)CCC3)cc1. The van der Waals surface area contributed by atoms with Crippen molar-refractivity contribution in [2.75, 3.05) is 31.1 Å². The van der Waals surface area contributed by atoms with Gasteiger partial charge in [-0.1, -0.05) is 54.6 Å². The largest absolute Gasteiger partial charge is 0.354 e. The van der Waals surface area contributed by atoms with E-state index in [4.69, 9.17) is 9.97 Å². The molecule has 2 aliphatic rings. The Kier molecular flexibility index (Phi) is 5.04. The van der Waals surface area contributed by atoms with Gasteiger partial charge < -0.3 is 4.90 Å². The molecule has 0 spiro atoms. The standard InChI is InChI=1S/C27H27N5/c1-2-7-21(8-3-1)26-29-24-13-5-12-23(24)27(30-26)32-17-15-31(16-18-32)19-22-10-4-9-20-11-6-14-28-25(20)22/h1-4,6-11,14H,5,12-13,15-19H2. The quantitative estimate of drug-likeness (QED) is 0.485. The molecule has 0 atom stereocenters. The Morgan fingerprint density at radius 1 is 0.781 bits per heavy atom. The Bertz CT molecular complexity index is 1240. The van der Waals surface area contributed by atoms with Gasteiger partial charge in [0.15, 0.2) is 5.82 Å². The summed E-state index contributed by atoms with van der Waals surface area (Å²) in [6.07, 6.45) is 5.24. The van der Waals surface area contributed by atoms with Gasteiger partial charge in [-0.3, -0.25) is 9.88 Å². The van der Waals surface area contributed by atoms with Crippen molar-refractivity contribution in [2.24, 2.45) is 0 Å². The van der Waals surface area contributed by atoms with E-state index < -0.39 is 0 Å². The van der Waals surface area contributed by atoms with Crippen LogP contribution in [-0.2, 0) is 19.4 Å². The lowest BCUT2D eigenvalue weighted by molar-refractivity contribution is 0.250. The van der Waals surface area contributed by atoms with Crippen molar-refractivity contribution in [3.05, 3.63) is 83.7 Å². The predicted molar refractivity (Wildman–Crippen MR) is 129 cm³/mol. The number of hydrogen-bond acceptors (Lipinski definition) is 5. The highest BCUT2D eigenvalue weighted by atomic mass is 15.3. The third kappa shape index (κ3) is 3.63. The zero-order valence-corrected chi connectivity index (χ0v) is 18.2. The smallest absolute Gasteiger partial charge is 0.161 e. The number of hydrogen-bond donors (Lipinski definition) is 0. The number of nitrogens with zero attached hydrogens (tertiary/aromatic N) is 5. The predicted octanol–water partition coefficient (Wildman–Crippen LogP) is 4.50. The van der Waals surface area contributed by atoms with Crippen LogP contribution in [0.5, 0.6) is 0 Å². The van der Waals surface area contributed by atoms with Crippen LogP contribution in [0, 0.1) is 0 Å². The zero-order chi connectivity index (χ0) is 21.3. The topological polar surface area (TPSA) is 45.2 Å². The van der Waals surface area contributed by atoms with Gasteiger partial charge in [-0.15, -0.1) is 0 Å². The molecule has 0 N–H and O–H groups in total. The van der Waals surface area contributed by atoms with E-state index >= 15 is 0 Å². The van der Waals surface area contributed by atoms with E-state index in [1.165, 1.54) is 28.6 Å². The summed E-state index contributed by atoms with van der Waals surface area (Å²) in [6.45, 7) is 5.00. The lowest BCUT2D eigenvalue weighted by Crippen LogP contribution is -2.46. The lowest BCUT2D eigenvalue weighted by Gasteiger charge is -2.36. The van der Waals surface area contributed by atoms with Crippen LogP contribution in [0.2, 0.25) is 0 Å². The van der Waals surface area contributed by atoms with Crippen LogP contribution < -0.4 is 4.90 Å². The molecule has 32 heavy (non-hydrogen) atoms. The fraction of sp³-hybridized carbons (Fsp3) is 0.296. The molecule has 0 saturated carbocycles. The first-order valence-electron chi connectivity index (χ1n) is 11.6. The minimum atomic E-state index is 0.866. The normalized spacial score (nSPS) is 16.4. The Balaban J connectivity index is 1.22. The van der Waals surface area contributed by atoms with Crippen LogP contribution >= 0.6 is 0 Å². The van der Waals surface area contributed by atoms with Gasteiger partial charge in [0.05, 0.1) is 5.52 Å². The lowest BCUT2D eigenvalue weighted by atomic mass is 10.1. The van der Waals surface area contributed by atoms with E-state index in [0.29, 0.717) is 0 Å². The minimum Gasteiger partial charge on any atom is -0.354 e. The molecule has 5 heteroatoms. The summed E-state index contributed by atoms with van der Waals surface area (Å²) in [7, 11) is 0.